The Hall–Kier alpha value is -2.54. The van der Waals surface area contributed by atoms with Crippen LogP contribution in [0.25, 0.3) is 0 Å². The zero-order chi connectivity index (χ0) is 19.5. The van der Waals surface area contributed by atoms with Gasteiger partial charge in [-0.15, -0.1) is 0 Å². The van der Waals surface area contributed by atoms with E-state index in [1.165, 1.54) is 0 Å². The second-order valence-corrected chi connectivity index (χ2v) is 6.15. The van der Waals surface area contributed by atoms with Crippen molar-refractivity contribution in [2.75, 3.05) is 26.4 Å². The summed E-state index contributed by atoms with van der Waals surface area (Å²) in [6, 6.07) is 8.18. The molecule has 2 aromatic rings. The predicted octanol–water partition coefficient (Wildman–Crippen LogP) is 2.40. The molecule has 148 valence electrons. The highest BCUT2D eigenvalue weighted by atomic mass is 16.5. The van der Waals surface area contributed by atoms with Crippen molar-refractivity contribution in [2.24, 2.45) is 12.0 Å². The van der Waals surface area contributed by atoms with Crippen molar-refractivity contribution in [1.82, 2.24) is 20.4 Å². The fourth-order valence-electron chi connectivity index (χ4n) is 2.54. The van der Waals surface area contributed by atoms with E-state index in [2.05, 4.69) is 41.7 Å². The van der Waals surface area contributed by atoms with Crippen LogP contribution in [0.2, 0.25) is 0 Å². The summed E-state index contributed by atoms with van der Waals surface area (Å²) >= 11 is 0. The molecule has 0 spiro atoms. The number of rotatable bonds is 10. The van der Waals surface area contributed by atoms with Gasteiger partial charge in [-0.25, -0.2) is 4.99 Å². The Morgan fingerprint density at radius 3 is 2.74 bits per heavy atom. The first kappa shape index (κ1) is 20.8. The molecule has 0 aliphatic carbocycles. The van der Waals surface area contributed by atoms with E-state index in [0.29, 0.717) is 32.9 Å². The summed E-state index contributed by atoms with van der Waals surface area (Å²) in [7, 11) is 1.93. The lowest BCUT2D eigenvalue weighted by molar-refractivity contribution is 0.110. The Labute approximate surface area is 161 Å². The number of aliphatic imine (C=N–C) groups is 1. The lowest BCUT2D eigenvalue weighted by atomic mass is 10.1. The van der Waals surface area contributed by atoms with E-state index >= 15 is 0 Å². The molecule has 0 amide bonds. The molecule has 0 unspecified atom stereocenters. The summed E-state index contributed by atoms with van der Waals surface area (Å²) in [6.07, 6.45) is 1.79. The van der Waals surface area contributed by atoms with Crippen LogP contribution in [0.3, 0.4) is 0 Å². The van der Waals surface area contributed by atoms with Crippen molar-refractivity contribution in [2.45, 2.75) is 33.9 Å². The van der Waals surface area contributed by atoms with Crippen molar-refractivity contribution in [3.63, 3.8) is 0 Å². The Bertz CT molecular complexity index is 727. The molecule has 1 heterocycles. The monoisotopic (exact) mass is 373 g/mol. The van der Waals surface area contributed by atoms with Crippen LogP contribution in [0, 0.1) is 6.92 Å². The van der Waals surface area contributed by atoms with Gasteiger partial charge in [0.2, 0.25) is 0 Å². The van der Waals surface area contributed by atoms with Gasteiger partial charge in [-0.3, -0.25) is 4.68 Å². The van der Waals surface area contributed by atoms with Gasteiger partial charge in [-0.2, -0.15) is 5.10 Å². The third-order valence-electron chi connectivity index (χ3n) is 4.02. The zero-order valence-corrected chi connectivity index (χ0v) is 16.8. The molecule has 0 saturated carbocycles. The van der Waals surface area contributed by atoms with Crippen LogP contribution in [0.5, 0.6) is 5.75 Å². The average molecular weight is 374 g/mol. The third kappa shape index (κ3) is 6.94. The third-order valence-corrected chi connectivity index (χ3v) is 4.02. The maximum Gasteiger partial charge on any atom is 0.191 e. The fourth-order valence-corrected chi connectivity index (χ4v) is 2.54. The quantitative estimate of drug-likeness (QED) is 0.380. The Morgan fingerprint density at radius 1 is 1.19 bits per heavy atom. The fraction of sp³-hybridized carbons (Fsp3) is 0.500. The molecule has 0 bridgehead atoms. The van der Waals surface area contributed by atoms with Crippen molar-refractivity contribution >= 4 is 5.96 Å². The van der Waals surface area contributed by atoms with Crippen molar-refractivity contribution in [1.29, 1.82) is 0 Å². The van der Waals surface area contributed by atoms with Gasteiger partial charge >= 0.3 is 0 Å². The van der Waals surface area contributed by atoms with Gasteiger partial charge < -0.3 is 20.1 Å². The first-order valence-electron chi connectivity index (χ1n) is 9.43. The minimum Gasteiger partial charge on any atom is -0.491 e. The lowest BCUT2D eigenvalue weighted by Gasteiger charge is -2.14. The molecule has 7 heteroatoms. The van der Waals surface area contributed by atoms with E-state index in [0.717, 1.165) is 35.1 Å². The van der Waals surface area contributed by atoms with Gasteiger partial charge in [0.1, 0.15) is 12.4 Å². The van der Waals surface area contributed by atoms with Gasteiger partial charge in [-0.05, 0) is 38.5 Å². The van der Waals surface area contributed by atoms with E-state index < -0.39 is 0 Å². The second-order valence-electron chi connectivity index (χ2n) is 6.15. The second kappa shape index (κ2) is 11.2. The first-order valence-corrected chi connectivity index (χ1v) is 9.43. The molecule has 0 saturated heterocycles. The van der Waals surface area contributed by atoms with Crippen LogP contribution >= 0.6 is 0 Å². The van der Waals surface area contributed by atoms with E-state index in [1.54, 1.807) is 6.20 Å². The van der Waals surface area contributed by atoms with Crippen LogP contribution in [0.4, 0.5) is 0 Å². The summed E-state index contributed by atoms with van der Waals surface area (Å²) in [5, 5.41) is 10.8. The number of guanidine groups is 1. The van der Waals surface area contributed by atoms with Crippen LogP contribution < -0.4 is 15.4 Å². The van der Waals surface area contributed by atoms with Gasteiger partial charge in [0, 0.05) is 32.0 Å². The van der Waals surface area contributed by atoms with Crippen molar-refractivity contribution < 1.29 is 9.47 Å². The summed E-state index contributed by atoms with van der Waals surface area (Å²) in [5.41, 5.74) is 3.31. The molecule has 2 N–H and O–H groups in total. The highest BCUT2D eigenvalue weighted by Gasteiger charge is 2.06. The summed E-state index contributed by atoms with van der Waals surface area (Å²) < 4.78 is 13.1. The average Bonchev–Trinajstić information content (AvgIpc) is 3.07. The van der Waals surface area contributed by atoms with Gasteiger partial charge in [-0.1, -0.05) is 12.1 Å². The van der Waals surface area contributed by atoms with Crippen LogP contribution in [0.1, 0.15) is 30.7 Å². The standard InChI is InChI=1S/C20H31N5O2/c1-5-21-20(23-15-18-9-10-24-25(18)4)22-14-17-8-7-16(3)13-19(17)27-12-11-26-6-2/h7-10,13H,5-6,11-12,14-15H2,1-4H3,(H2,21,22,23). The number of nitrogens with one attached hydrogen (secondary N) is 2. The zero-order valence-electron chi connectivity index (χ0n) is 16.8. The van der Waals surface area contributed by atoms with Gasteiger partial charge in [0.25, 0.3) is 0 Å². The van der Waals surface area contributed by atoms with Crippen LogP contribution in [0.15, 0.2) is 35.5 Å². The molecular formula is C20H31N5O2. The maximum absolute atomic E-state index is 5.90. The Morgan fingerprint density at radius 2 is 2.04 bits per heavy atom. The summed E-state index contributed by atoms with van der Waals surface area (Å²) in [5.74, 6) is 1.63. The van der Waals surface area contributed by atoms with E-state index in [1.807, 2.05) is 30.8 Å². The number of nitrogens with zero attached hydrogens (tertiary/aromatic N) is 3. The lowest BCUT2D eigenvalue weighted by Crippen LogP contribution is -2.37. The first-order chi connectivity index (χ1) is 13.1. The van der Waals surface area contributed by atoms with Gasteiger partial charge in [0.05, 0.1) is 25.4 Å². The molecule has 0 atom stereocenters. The van der Waals surface area contributed by atoms with Crippen molar-refractivity contribution in [3.05, 3.63) is 47.3 Å². The highest BCUT2D eigenvalue weighted by Crippen LogP contribution is 2.21. The number of ether oxygens (including phenoxy) is 2. The van der Waals surface area contributed by atoms with E-state index in [-0.39, 0.29) is 0 Å². The minimum atomic E-state index is 0.533. The number of benzene rings is 1. The largest absolute Gasteiger partial charge is 0.491 e. The Kier molecular flexibility index (Phi) is 8.64. The molecule has 27 heavy (non-hydrogen) atoms. The topological polar surface area (TPSA) is 72.7 Å². The van der Waals surface area contributed by atoms with Crippen LogP contribution in [-0.4, -0.2) is 42.1 Å². The maximum atomic E-state index is 5.90. The molecule has 0 radical (unpaired) electrons. The van der Waals surface area contributed by atoms with Crippen LogP contribution in [-0.2, 0) is 24.9 Å². The summed E-state index contributed by atoms with van der Waals surface area (Å²) in [6.45, 7) is 9.89. The molecule has 7 nitrogen and oxygen atoms in total. The molecule has 1 aromatic heterocycles. The smallest absolute Gasteiger partial charge is 0.191 e. The number of hydrogen-bond acceptors (Lipinski definition) is 4. The van der Waals surface area contributed by atoms with E-state index in [9.17, 15) is 0 Å². The van der Waals surface area contributed by atoms with E-state index in [4.69, 9.17) is 14.5 Å². The van der Waals surface area contributed by atoms with Gasteiger partial charge in [0.15, 0.2) is 5.96 Å². The highest BCUT2D eigenvalue weighted by molar-refractivity contribution is 5.79. The number of hydrogen-bond donors (Lipinski definition) is 2. The molecule has 0 aliphatic heterocycles. The molecule has 0 aliphatic rings. The number of aryl methyl sites for hydroxylation is 2. The minimum absolute atomic E-state index is 0.533. The SMILES string of the molecule is CCNC(=NCc1ccc(C)cc1OCCOCC)NCc1ccnn1C. The molecule has 2 rings (SSSR count). The number of aromatic nitrogens is 2. The summed E-state index contributed by atoms with van der Waals surface area (Å²) in [4.78, 5) is 4.70. The predicted molar refractivity (Wildman–Crippen MR) is 108 cm³/mol. The molecule has 1 aromatic carbocycles. The Balaban J connectivity index is 2.02. The molecule has 0 fully saturated rings. The normalized spacial score (nSPS) is 11.5. The molecular weight excluding hydrogens is 342 g/mol. The van der Waals surface area contributed by atoms with Crippen molar-refractivity contribution in [3.8, 4) is 5.75 Å².